The molecule has 0 aliphatic carbocycles. The van der Waals surface area contributed by atoms with Gasteiger partial charge < -0.3 is 0 Å². The smallest absolute Gasteiger partial charge is 0.248 e. The molecule has 0 fully saturated rings. The van der Waals surface area contributed by atoms with E-state index < -0.39 is 32.5 Å². The van der Waals surface area contributed by atoms with Gasteiger partial charge in [-0.15, -0.1) is 3.77 Å². The first-order valence-electron chi connectivity index (χ1n) is 6.57. The number of nitrogens with zero attached hydrogens (tertiary/aromatic N) is 4. The number of alkyl halides is 3. The zero-order valence-electron chi connectivity index (χ0n) is 12.4. The first-order valence-corrected chi connectivity index (χ1v) is 10.3. The van der Waals surface area contributed by atoms with Crippen LogP contribution in [0.4, 0.5) is 13.2 Å². The summed E-state index contributed by atoms with van der Waals surface area (Å²) in [6, 6.07) is 6.48. The van der Waals surface area contributed by atoms with Crippen LogP contribution in [-0.2, 0) is 26.9 Å². The summed E-state index contributed by atoms with van der Waals surface area (Å²) in [5, 5.41) is 0.139. The van der Waals surface area contributed by atoms with Crippen molar-refractivity contribution in [3.8, 4) is 0 Å². The lowest BCUT2D eigenvalue weighted by molar-refractivity contribution is -0.137. The van der Waals surface area contributed by atoms with Crippen LogP contribution in [0.3, 0.4) is 0 Å². The van der Waals surface area contributed by atoms with Crippen molar-refractivity contribution in [2.24, 2.45) is 3.77 Å². The van der Waals surface area contributed by atoms with Crippen LogP contribution >= 0.6 is 11.7 Å². The lowest BCUT2D eigenvalue weighted by Crippen LogP contribution is -2.07. The molecule has 6 nitrogen and oxygen atoms in total. The van der Waals surface area contributed by atoms with Crippen LogP contribution in [0.25, 0.3) is 11.0 Å². The zero-order valence-corrected chi connectivity index (χ0v) is 14.9. The second-order valence-corrected chi connectivity index (χ2v) is 8.69. The first kappa shape index (κ1) is 17.9. The van der Waals surface area contributed by atoms with Crippen molar-refractivity contribution in [3.05, 3.63) is 42.1 Å². The van der Waals surface area contributed by atoms with Crippen LogP contribution in [0.15, 0.2) is 50.2 Å². The van der Waals surface area contributed by atoms with Crippen molar-refractivity contribution in [2.75, 3.05) is 6.26 Å². The summed E-state index contributed by atoms with van der Waals surface area (Å²) in [4.78, 5) is 3.59. The van der Waals surface area contributed by atoms with Gasteiger partial charge >= 0.3 is 6.18 Å². The molecule has 0 bridgehead atoms. The average Bonchev–Trinajstić information content (AvgIpc) is 3.02. The van der Waals surface area contributed by atoms with Gasteiger partial charge in [0.25, 0.3) is 10.0 Å². The Morgan fingerprint density at radius 2 is 1.92 bits per heavy atom. The molecule has 12 heteroatoms. The van der Waals surface area contributed by atoms with Gasteiger partial charge in [0.15, 0.2) is 0 Å². The fourth-order valence-electron chi connectivity index (χ4n) is 1.94. The minimum absolute atomic E-state index is 0.0926. The van der Waals surface area contributed by atoms with Gasteiger partial charge in [-0.1, -0.05) is 6.07 Å². The lowest BCUT2D eigenvalue weighted by Gasteiger charge is -2.07. The monoisotopic (exact) mass is 406 g/mol. The number of sulfonamides is 1. The van der Waals surface area contributed by atoms with Gasteiger partial charge in [0.2, 0.25) is 0 Å². The van der Waals surface area contributed by atoms with Crippen LogP contribution in [0.1, 0.15) is 5.56 Å². The van der Waals surface area contributed by atoms with E-state index in [0.717, 1.165) is 23.9 Å². The second-order valence-electron chi connectivity index (χ2n) is 4.80. The molecule has 0 unspecified atom stereocenters. The summed E-state index contributed by atoms with van der Waals surface area (Å²) in [5.74, 6) is 0. The van der Waals surface area contributed by atoms with Crippen LogP contribution < -0.4 is 0 Å². The first-order chi connectivity index (χ1) is 11.7. The average molecular weight is 406 g/mol. The standard InChI is InChI=1S/C13H9F3N4O2S3/c1-24(11-6-5-8(7-17-11)13(14,15)16)20-25(21,22)10-4-2-3-9-12(10)19-23-18-9/h2-7H,1H3/t24-/m1/s1. The van der Waals surface area contributed by atoms with E-state index in [9.17, 15) is 21.6 Å². The number of rotatable bonds is 3. The van der Waals surface area contributed by atoms with Gasteiger partial charge in [0.1, 0.15) is 21.0 Å². The number of aromatic nitrogens is 3. The molecule has 0 aliphatic heterocycles. The van der Waals surface area contributed by atoms with Crippen LogP contribution in [0, 0.1) is 0 Å². The van der Waals surface area contributed by atoms with E-state index in [1.807, 2.05) is 0 Å². The molecule has 0 saturated carbocycles. The summed E-state index contributed by atoms with van der Waals surface area (Å²) < 4.78 is 74.4. The molecule has 3 rings (SSSR count). The van der Waals surface area contributed by atoms with Crippen molar-refractivity contribution in [3.63, 3.8) is 0 Å². The highest BCUT2D eigenvalue weighted by Gasteiger charge is 2.30. The van der Waals surface area contributed by atoms with E-state index in [1.54, 1.807) is 6.07 Å². The van der Waals surface area contributed by atoms with Crippen molar-refractivity contribution in [1.29, 1.82) is 0 Å². The van der Waals surface area contributed by atoms with Gasteiger partial charge in [0, 0.05) is 6.20 Å². The maximum atomic E-state index is 12.6. The van der Waals surface area contributed by atoms with Crippen molar-refractivity contribution in [2.45, 2.75) is 16.1 Å². The van der Waals surface area contributed by atoms with E-state index in [1.165, 1.54) is 18.4 Å². The molecule has 1 aromatic carbocycles. The van der Waals surface area contributed by atoms with Gasteiger partial charge in [0.05, 0.1) is 17.3 Å². The van der Waals surface area contributed by atoms with Gasteiger partial charge in [-0.3, -0.25) is 0 Å². The molecular formula is C13H9F3N4O2S3. The van der Waals surface area contributed by atoms with E-state index in [-0.39, 0.29) is 15.4 Å². The Morgan fingerprint density at radius 1 is 1.16 bits per heavy atom. The number of fused-ring (bicyclic) bond motifs is 1. The Balaban J connectivity index is 2.00. The number of halogens is 3. The van der Waals surface area contributed by atoms with Crippen molar-refractivity contribution >= 4 is 43.5 Å². The Kier molecular flexibility index (Phi) is 4.60. The van der Waals surface area contributed by atoms with Crippen molar-refractivity contribution < 1.29 is 21.6 Å². The summed E-state index contributed by atoms with van der Waals surface area (Å²) in [6.07, 6.45) is -2.38. The Hall–Kier alpha value is -1.92. The molecule has 25 heavy (non-hydrogen) atoms. The normalized spacial score (nSPS) is 14.1. The summed E-state index contributed by atoms with van der Waals surface area (Å²) in [7, 11) is -5.32. The predicted octanol–water partition coefficient (Wildman–Crippen LogP) is 3.28. The third kappa shape index (κ3) is 3.70. The van der Waals surface area contributed by atoms with Crippen molar-refractivity contribution in [1.82, 2.24) is 13.7 Å². The van der Waals surface area contributed by atoms with E-state index >= 15 is 0 Å². The van der Waals surface area contributed by atoms with E-state index in [2.05, 4.69) is 17.5 Å². The molecule has 0 radical (unpaired) electrons. The van der Waals surface area contributed by atoms with E-state index in [4.69, 9.17) is 0 Å². The molecule has 132 valence electrons. The molecule has 1 atom stereocenters. The predicted molar refractivity (Wildman–Crippen MR) is 87.8 cm³/mol. The zero-order chi connectivity index (χ0) is 18.2. The summed E-state index contributed by atoms with van der Waals surface area (Å²) in [5.41, 5.74) is -0.257. The molecule has 0 amide bonds. The Bertz CT molecular complexity index is 1060. The molecule has 0 aliphatic rings. The molecule has 0 N–H and O–H groups in total. The quantitative estimate of drug-likeness (QED) is 0.666. The fourth-order valence-corrected chi connectivity index (χ4v) is 5.46. The molecule has 2 heterocycles. The topological polar surface area (TPSA) is 85.2 Å². The number of hydrogen-bond acceptors (Lipinski definition) is 6. The summed E-state index contributed by atoms with van der Waals surface area (Å²) in [6.45, 7) is 0. The highest BCUT2D eigenvalue weighted by Crippen LogP contribution is 2.29. The molecule has 0 spiro atoms. The highest BCUT2D eigenvalue weighted by atomic mass is 32.3. The van der Waals surface area contributed by atoms with Gasteiger partial charge in [-0.25, -0.2) is 4.98 Å². The lowest BCUT2D eigenvalue weighted by atomic mass is 10.3. The Morgan fingerprint density at radius 3 is 2.56 bits per heavy atom. The maximum Gasteiger partial charge on any atom is 0.417 e. The van der Waals surface area contributed by atoms with Crippen LogP contribution in [0.5, 0.6) is 0 Å². The number of hydrogen-bond donors (Lipinski definition) is 0. The SMILES string of the molecule is C[S@@](=NS(=O)(=O)c1cccc2nsnc12)c1ccc(C(F)(F)F)cn1. The Labute approximate surface area is 147 Å². The van der Waals surface area contributed by atoms with Crippen LogP contribution in [0.2, 0.25) is 0 Å². The largest absolute Gasteiger partial charge is 0.417 e. The fraction of sp³-hybridized carbons (Fsp3) is 0.154. The minimum atomic E-state index is -4.51. The molecular weight excluding hydrogens is 397 g/mol. The minimum Gasteiger partial charge on any atom is -0.248 e. The molecule has 0 saturated heterocycles. The van der Waals surface area contributed by atoms with Crippen LogP contribution in [-0.4, -0.2) is 28.4 Å². The highest BCUT2D eigenvalue weighted by molar-refractivity contribution is 8.00. The van der Waals surface area contributed by atoms with E-state index in [0.29, 0.717) is 11.7 Å². The maximum absolute atomic E-state index is 12.6. The van der Waals surface area contributed by atoms with Gasteiger partial charge in [-0.2, -0.15) is 30.3 Å². The summed E-state index contributed by atoms with van der Waals surface area (Å²) >= 11 is 0.880. The van der Waals surface area contributed by atoms with Gasteiger partial charge in [-0.05, 0) is 41.2 Å². The number of pyridine rings is 1. The molecule has 3 aromatic rings. The second kappa shape index (κ2) is 6.42. The number of benzene rings is 1. The third-order valence-electron chi connectivity index (χ3n) is 3.10. The molecule has 2 aromatic heterocycles. The third-order valence-corrected chi connectivity index (χ3v) is 7.06.